The molecule has 1 aromatic carbocycles. The second-order valence-corrected chi connectivity index (χ2v) is 4.92. The summed E-state index contributed by atoms with van der Waals surface area (Å²) in [4.78, 5) is 4.10. The smallest absolute Gasteiger partial charge is 0.189 e. The number of hydrogen-bond acceptors (Lipinski definition) is 1. The number of aliphatic imine (C=N–C) groups is 1. The molecule has 104 valence electrons. The topological polar surface area (TPSA) is 50.4 Å². The van der Waals surface area contributed by atoms with E-state index in [-0.39, 0.29) is 6.54 Å². The third-order valence-electron chi connectivity index (χ3n) is 3.39. The van der Waals surface area contributed by atoms with Crippen molar-refractivity contribution in [1.82, 2.24) is 5.32 Å². The van der Waals surface area contributed by atoms with E-state index in [1.165, 1.54) is 31.4 Å². The zero-order valence-electron chi connectivity index (χ0n) is 10.8. The van der Waals surface area contributed by atoms with Gasteiger partial charge in [-0.1, -0.05) is 25.3 Å². The predicted octanol–water partition coefficient (Wildman–Crippen LogP) is 2.70. The number of nitrogens with two attached hydrogens (primary N) is 1. The number of halogens is 2. The number of rotatable bonds is 3. The summed E-state index contributed by atoms with van der Waals surface area (Å²) in [5.74, 6) is -0.844. The molecule has 0 amide bonds. The van der Waals surface area contributed by atoms with Gasteiger partial charge in [0.05, 0.1) is 6.54 Å². The SMILES string of the molecule is NC(=NCc1ccc(F)cc1F)NC1CCCCC1. The summed E-state index contributed by atoms with van der Waals surface area (Å²) in [6.07, 6.45) is 5.88. The van der Waals surface area contributed by atoms with E-state index in [4.69, 9.17) is 5.73 Å². The molecule has 1 aliphatic carbocycles. The summed E-state index contributed by atoms with van der Waals surface area (Å²) in [5, 5.41) is 3.15. The van der Waals surface area contributed by atoms with E-state index in [1.807, 2.05) is 0 Å². The standard InChI is InChI=1S/C14H19F2N3/c15-11-7-6-10(13(16)8-11)9-18-14(17)19-12-4-2-1-3-5-12/h6-8,12H,1-5,9H2,(H3,17,18,19). The molecular formula is C14H19F2N3. The minimum atomic E-state index is -0.589. The molecule has 3 N–H and O–H groups in total. The third kappa shape index (κ3) is 4.19. The molecule has 0 aliphatic heterocycles. The second kappa shape index (κ2) is 6.50. The zero-order valence-corrected chi connectivity index (χ0v) is 10.8. The molecule has 19 heavy (non-hydrogen) atoms. The van der Waals surface area contributed by atoms with Gasteiger partial charge in [-0.05, 0) is 18.9 Å². The van der Waals surface area contributed by atoms with Crippen LogP contribution in [0.4, 0.5) is 8.78 Å². The normalized spacial score (nSPS) is 17.5. The molecule has 0 heterocycles. The monoisotopic (exact) mass is 267 g/mol. The first kappa shape index (κ1) is 13.8. The van der Waals surface area contributed by atoms with Gasteiger partial charge >= 0.3 is 0 Å². The Balaban J connectivity index is 1.89. The van der Waals surface area contributed by atoms with Crippen molar-refractivity contribution in [1.29, 1.82) is 0 Å². The molecule has 0 unspecified atom stereocenters. The van der Waals surface area contributed by atoms with Crippen LogP contribution in [0.1, 0.15) is 37.7 Å². The zero-order chi connectivity index (χ0) is 13.7. The van der Waals surface area contributed by atoms with Gasteiger partial charge in [-0.25, -0.2) is 13.8 Å². The number of benzene rings is 1. The van der Waals surface area contributed by atoms with Crippen molar-refractivity contribution < 1.29 is 8.78 Å². The first-order chi connectivity index (χ1) is 9.15. The van der Waals surface area contributed by atoms with Crippen LogP contribution in [0, 0.1) is 11.6 Å². The highest BCUT2D eigenvalue weighted by molar-refractivity contribution is 5.78. The minimum absolute atomic E-state index is 0.123. The van der Waals surface area contributed by atoms with E-state index in [9.17, 15) is 8.78 Å². The lowest BCUT2D eigenvalue weighted by Crippen LogP contribution is -2.41. The van der Waals surface area contributed by atoms with E-state index in [1.54, 1.807) is 0 Å². The van der Waals surface area contributed by atoms with Crippen LogP contribution in [0.15, 0.2) is 23.2 Å². The lowest BCUT2D eigenvalue weighted by Gasteiger charge is -2.23. The third-order valence-corrected chi connectivity index (χ3v) is 3.39. The first-order valence-corrected chi connectivity index (χ1v) is 6.65. The molecule has 0 spiro atoms. The highest BCUT2D eigenvalue weighted by Gasteiger charge is 2.13. The summed E-state index contributed by atoms with van der Waals surface area (Å²) in [6.45, 7) is 0.123. The summed E-state index contributed by atoms with van der Waals surface area (Å²) in [6, 6.07) is 3.84. The van der Waals surface area contributed by atoms with Gasteiger partial charge in [-0.15, -0.1) is 0 Å². The Labute approximate surface area is 111 Å². The van der Waals surface area contributed by atoms with Crippen molar-refractivity contribution in [2.45, 2.75) is 44.7 Å². The molecule has 0 bridgehead atoms. The van der Waals surface area contributed by atoms with E-state index in [2.05, 4.69) is 10.3 Å². The fourth-order valence-electron chi connectivity index (χ4n) is 2.32. The van der Waals surface area contributed by atoms with Crippen molar-refractivity contribution in [3.8, 4) is 0 Å². The maximum Gasteiger partial charge on any atom is 0.189 e. The summed E-state index contributed by atoms with van der Waals surface area (Å²) < 4.78 is 26.1. The Morgan fingerprint density at radius 2 is 2.00 bits per heavy atom. The number of guanidine groups is 1. The fourth-order valence-corrected chi connectivity index (χ4v) is 2.32. The van der Waals surface area contributed by atoms with Gasteiger partial charge < -0.3 is 11.1 Å². The maximum absolute atomic E-state index is 13.4. The fraction of sp³-hybridized carbons (Fsp3) is 0.500. The Bertz CT molecular complexity index is 454. The van der Waals surface area contributed by atoms with Gasteiger partial charge in [-0.2, -0.15) is 0 Å². The van der Waals surface area contributed by atoms with Crippen molar-refractivity contribution in [3.63, 3.8) is 0 Å². The van der Waals surface area contributed by atoms with Crippen molar-refractivity contribution in [2.24, 2.45) is 10.7 Å². The largest absolute Gasteiger partial charge is 0.370 e. The van der Waals surface area contributed by atoms with Crippen LogP contribution in [-0.2, 0) is 6.54 Å². The van der Waals surface area contributed by atoms with Crippen LogP contribution in [0.25, 0.3) is 0 Å². The molecular weight excluding hydrogens is 248 g/mol. The number of nitrogens with one attached hydrogen (secondary N) is 1. The average molecular weight is 267 g/mol. The molecule has 2 rings (SSSR count). The lowest BCUT2D eigenvalue weighted by atomic mass is 9.96. The highest BCUT2D eigenvalue weighted by atomic mass is 19.1. The molecule has 0 radical (unpaired) electrons. The number of nitrogens with zero attached hydrogens (tertiary/aromatic N) is 1. The van der Waals surface area contributed by atoms with Gasteiger partial charge in [0, 0.05) is 17.7 Å². The summed E-state index contributed by atoms with van der Waals surface area (Å²) >= 11 is 0. The van der Waals surface area contributed by atoms with Crippen LogP contribution in [0.5, 0.6) is 0 Å². The second-order valence-electron chi connectivity index (χ2n) is 4.92. The van der Waals surface area contributed by atoms with Gasteiger partial charge in [-0.3, -0.25) is 0 Å². The maximum atomic E-state index is 13.4. The lowest BCUT2D eigenvalue weighted by molar-refractivity contribution is 0.412. The van der Waals surface area contributed by atoms with Crippen molar-refractivity contribution in [3.05, 3.63) is 35.4 Å². The van der Waals surface area contributed by atoms with Crippen LogP contribution in [0.2, 0.25) is 0 Å². The molecule has 1 aromatic rings. The number of hydrogen-bond donors (Lipinski definition) is 2. The summed E-state index contributed by atoms with van der Waals surface area (Å²) in [7, 11) is 0. The molecule has 1 aliphatic rings. The molecule has 0 aromatic heterocycles. The van der Waals surface area contributed by atoms with E-state index in [0.717, 1.165) is 18.9 Å². The van der Waals surface area contributed by atoms with Crippen LogP contribution < -0.4 is 11.1 Å². The van der Waals surface area contributed by atoms with Crippen LogP contribution in [0.3, 0.4) is 0 Å². The van der Waals surface area contributed by atoms with Gasteiger partial charge in [0.1, 0.15) is 11.6 Å². The van der Waals surface area contributed by atoms with E-state index in [0.29, 0.717) is 17.6 Å². The molecule has 1 fully saturated rings. The van der Waals surface area contributed by atoms with E-state index >= 15 is 0 Å². The van der Waals surface area contributed by atoms with Gasteiger partial charge in [0.2, 0.25) is 0 Å². The Morgan fingerprint density at radius 1 is 1.26 bits per heavy atom. The molecule has 1 saturated carbocycles. The van der Waals surface area contributed by atoms with Gasteiger partial charge in [0.25, 0.3) is 0 Å². The summed E-state index contributed by atoms with van der Waals surface area (Å²) in [5.41, 5.74) is 6.12. The quantitative estimate of drug-likeness (QED) is 0.653. The predicted molar refractivity (Wildman–Crippen MR) is 71.7 cm³/mol. The average Bonchev–Trinajstić information content (AvgIpc) is 2.39. The molecule has 0 saturated heterocycles. The first-order valence-electron chi connectivity index (χ1n) is 6.65. The Kier molecular flexibility index (Phi) is 4.71. The van der Waals surface area contributed by atoms with Gasteiger partial charge in [0.15, 0.2) is 5.96 Å². The highest BCUT2D eigenvalue weighted by Crippen LogP contribution is 2.17. The Hall–Kier alpha value is -1.65. The molecule has 3 nitrogen and oxygen atoms in total. The van der Waals surface area contributed by atoms with Crippen LogP contribution in [-0.4, -0.2) is 12.0 Å². The van der Waals surface area contributed by atoms with E-state index < -0.39 is 11.6 Å². The molecule has 0 atom stereocenters. The van der Waals surface area contributed by atoms with Crippen LogP contribution >= 0.6 is 0 Å². The molecule has 5 heteroatoms. The minimum Gasteiger partial charge on any atom is -0.370 e. The Morgan fingerprint density at radius 3 is 2.68 bits per heavy atom. The van der Waals surface area contributed by atoms with Crippen molar-refractivity contribution >= 4 is 5.96 Å². The van der Waals surface area contributed by atoms with Crippen molar-refractivity contribution in [2.75, 3.05) is 0 Å².